The van der Waals surface area contributed by atoms with E-state index in [0.717, 1.165) is 12.1 Å². The predicted octanol–water partition coefficient (Wildman–Crippen LogP) is 0.298. The van der Waals surface area contributed by atoms with Gasteiger partial charge in [-0.15, -0.1) is 0 Å². The first-order valence-electron chi connectivity index (χ1n) is 3.59. The Kier molecular flexibility index (Phi) is 2.09. The predicted molar refractivity (Wildman–Crippen MR) is 39.6 cm³/mol. The van der Waals surface area contributed by atoms with Crippen molar-refractivity contribution in [1.29, 1.82) is 0 Å². The van der Waals surface area contributed by atoms with Crippen LogP contribution in [0, 0.1) is 0 Å². The zero-order chi connectivity index (χ0) is 6.85. The van der Waals surface area contributed by atoms with Gasteiger partial charge in [-0.2, -0.15) is 0 Å². The van der Waals surface area contributed by atoms with Crippen LogP contribution in [0.25, 0.3) is 0 Å². The summed E-state index contributed by atoms with van der Waals surface area (Å²) in [5.74, 6) is 0. The highest BCUT2D eigenvalue weighted by Crippen LogP contribution is 2.22. The Bertz CT molecular complexity index is 88.9. The zero-order valence-electron chi connectivity index (χ0n) is 6.52. The minimum Gasteiger partial charge on any atom is -0.315 e. The van der Waals surface area contributed by atoms with Gasteiger partial charge in [-0.05, 0) is 34.0 Å². The van der Waals surface area contributed by atoms with Crippen LogP contribution in [0.4, 0.5) is 0 Å². The molecule has 1 aliphatic rings. The monoisotopic (exact) mass is 128 g/mol. The number of likely N-dealkylation sites (N-methyl/N-ethyl adjacent to an activating group) is 2. The van der Waals surface area contributed by atoms with Crippen LogP contribution in [-0.2, 0) is 0 Å². The van der Waals surface area contributed by atoms with E-state index in [4.69, 9.17) is 0 Å². The molecule has 0 spiro atoms. The van der Waals surface area contributed by atoms with E-state index >= 15 is 0 Å². The fourth-order valence-electron chi connectivity index (χ4n) is 1.44. The number of nitrogens with zero attached hydrogens (tertiary/aromatic N) is 1. The van der Waals surface area contributed by atoms with Crippen LogP contribution in [0.15, 0.2) is 0 Å². The van der Waals surface area contributed by atoms with Crippen LogP contribution >= 0.6 is 0 Å². The van der Waals surface area contributed by atoms with Crippen molar-refractivity contribution in [2.24, 2.45) is 0 Å². The highest BCUT2D eigenvalue weighted by molar-refractivity contribution is 4.91. The molecule has 0 amide bonds. The molecule has 0 aliphatic heterocycles. The minimum atomic E-state index is 0.750. The smallest absolute Gasteiger partial charge is 0.0243 e. The molecule has 0 unspecified atom stereocenters. The van der Waals surface area contributed by atoms with Crippen LogP contribution in [-0.4, -0.2) is 38.1 Å². The van der Waals surface area contributed by atoms with Crippen LogP contribution in [0.5, 0.6) is 0 Å². The first kappa shape index (κ1) is 7.03. The second-order valence-electron chi connectivity index (χ2n) is 3.00. The first-order chi connectivity index (χ1) is 4.25. The number of hydrogen-bond acceptors (Lipinski definition) is 2. The summed E-state index contributed by atoms with van der Waals surface area (Å²) in [6, 6.07) is 1.54. The third kappa shape index (κ3) is 1.25. The lowest BCUT2D eigenvalue weighted by Crippen LogP contribution is -2.53. The van der Waals surface area contributed by atoms with Gasteiger partial charge in [0.15, 0.2) is 0 Å². The summed E-state index contributed by atoms with van der Waals surface area (Å²) < 4.78 is 0. The normalized spacial score (nSPS) is 34.7. The van der Waals surface area contributed by atoms with E-state index in [-0.39, 0.29) is 0 Å². The minimum absolute atomic E-state index is 0.750. The maximum Gasteiger partial charge on any atom is 0.0243 e. The Labute approximate surface area is 57.2 Å². The van der Waals surface area contributed by atoms with Crippen LogP contribution in [0.3, 0.4) is 0 Å². The van der Waals surface area contributed by atoms with Gasteiger partial charge >= 0.3 is 0 Å². The van der Waals surface area contributed by atoms with Crippen molar-refractivity contribution in [3.63, 3.8) is 0 Å². The van der Waals surface area contributed by atoms with E-state index in [1.807, 2.05) is 7.05 Å². The molecule has 54 valence electrons. The second kappa shape index (κ2) is 2.67. The number of nitrogens with one attached hydrogen (secondary N) is 1. The first-order valence-corrected chi connectivity index (χ1v) is 3.59. The van der Waals surface area contributed by atoms with E-state index in [1.54, 1.807) is 0 Å². The summed E-state index contributed by atoms with van der Waals surface area (Å²) >= 11 is 0. The van der Waals surface area contributed by atoms with Crippen molar-refractivity contribution >= 4 is 0 Å². The third-order valence-electron chi connectivity index (χ3n) is 2.27. The average molecular weight is 128 g/mol. The van der Waals surface area contributed by atoms with Crippen LogP contribution < -0.4 is 5.32 Å². The Hall–Kier alpha value is -0.0800. The maximum absolute atomic E-state index is 3.29. The Morgan fingerprint density at radius 3 is 2.11 bits per heavy atom. The molecule has 0 aromatic carbocycles. The van der Waals surface area contributed by atoms with Crippen molar-refractivity contribution in [1.82, 2.24) is 10.2 Å². The number of rotatable bonds is 2. The van der Waals surface area contributed by atoms with E-state index in [1.165, 1.54) is 12.8 Å². The molecule has 1 rings (SSSR count). The van der Waals surface area contributed by atoms with Gasteiger partial charge in [0.2, 0.25) is 0 Å². The summed E-state index contributed by atoms with van der Waals surface area (Å²) in [4.78, 5) is 2.30. The Morgan fingerprint density at radius 1 is 1.33 bits per heavy atom. The highest BCUT2D eigenvalue weighted by Gasteiger charge is 2.30. The van der Waals surface area contributed by atoms with Gasteiger partial charge in [0, 0.05) is 12.1 Å². The van der Waals surface area contributed by atoms with Crippen LogP contribution in [0.1, 0.15) is 12.8 Å². The molecule has 1 saturated carbocycles. The Morgan fingerprint density at radius 2 is 2.00 bits per heavy atom. The van der Waals surface area contributed by atoms with Gasteiger partial charge < -0.3 is 10.2 Å². The molecule has 1 fully saturated rings. The fourth-order valence-corrected chi connectivity index (χ4v) is 1.44. The van der Waals surface area contributed by atoms with Crippen molar-refractivity contribution in [2.75, 3.05) is 21.1 Å². The zero-order valence-corrected chi connectivity index (χ0v) is 6.52. The van der Waals surface area contributed by atoms with Gasteiger partial charge in [-0.3, -0.25) is 0 Å². The molecule has 0 radical (unpaired) electrons. The lowest BCUT2D eigenvalue weighted by Gasteiger charge is -2.40. The van der Waals surface area contributed by atoms with Crippen molar-refractivity contribution in [3.8, 4) is 0 Å². The molecule has 0 heterocycles. The molecule has 0 bridgehead atoms. The summed E-state index contributed by atoms with van der Waals surface area (Å²) in [7, 11) is 6.34. The molecule has 2 nitrogen and oxygen atoms in total. The Balaban J connectivity index is 2.27. The van der Waals surface area contributed by atoms with E-state index in [0.29, 0.717) is 0 Å². The van der Waals surface area contributed by atoms with E-state index in [9.17, 15) is 0 Å². The molecule has 0 aromatic heterocycles. The molecule has 1 aliphatic carbocycles. The summed E-state index contributed by atoms with van der Waals surface area (Å²) in [5, 5.41) is 3.29. The fraction of sp³-hybridized carbons (Fsp3) is 1.00. The van der Waals surface area contributed by atoms with Crippen molar-refractivity contribution in [2.45, 2.75) is 24.9 Å². The van der Waals surface area contributed by atoms with Gasteiger partial charge in [0.05, 0.1) is 0 Å². The number of hydrogen-bond donors (Lipinski definition) is 1. The largest absolute Gasteiger partial charge is 0.315 e. The van der Waals surface area contributed by atoms with Gasteiger partial charge in [-0.25, -0.2) is 0 Å². The quantitative estimate of drug-likeness (QED) is 0.575. The molecule has 0 aromatic rings. The summed E-state index contributed by atoms with van der Waals surface area (Å²) in [6.45, 7) is 0. The molecular formula is C7H16N2. The average Bonchev–Trinajstić information content (AvgIpc) is 1.61. The second-order valence-corrected chi connectivity index (χ2v) is 3.00. The molecular weight excluding hydrogens is 112 g/mol. The van der Waals surface area contributed by atoms with Crippen LogP contribution in [0.2, 0.25) is 0 Å². The highest BCUT2D eigenvalue weighted by atomic mass is 15.2. The SMILES string of the molecule is CN[C@H]1CC[C@@H]1N(C)C. The summed E-state index contributed by atoms with van der Waals surface area (Å²) in [5.41, 5.74) is 0. The van der Waals surface area contributed by atoms with E-state index in [2.05, 4.69) is 24.3 Å². The maximum atomic E-state index is 3.29. The van der Waals surface area contributed by atoms with Gasteiger partial charge in [0.1, 0.15) is 0 Å². The third-order valence-corrected chi connectivity index (χ3v) is 2.27. The van der Waals surface area contributed by atoms with E-state index < -0.39 is 0 Å². The molecule has 0 saturated heterocycles. The lowest BCUT2D eigenvalue weighted by molar-refractivity contribution is 0.140. The lowest BCUT2D eigenvalue weighted by atomic mass is 9.86. The van der Waals surface area contributed by atoms with Crippen molar-refractivity contribution < 1.29 is 0 Å². The molecule has 1 N–H and O–H groups in total. The topological polar surface area (TPSA) is 15.3 Å². The summed E-state index contributed by atoms with van der Waals surface area (Å²) in [6.07, 6.45) is 2.71. The standard InChI is InChI=1S/C7H16N2/c1-8-6-4-5-7(6)9(2)3/h6-8H,4-5H2,1-3H3/t6-,7-/m0/s1. The van der Waals surface area contributed by atoms with Gasteiger partial charge in [-0.1, -0.05) is 0 Å². The van der Waals surface area contributed by atoms with Gasteiger partial charge in [0.25, 0.3) is 0 Å². The molecule has 9 heavy (non-hydrogen) atoms. The molecule has 2 atom stereocenters. The van der Waals surface area contributed by atoms with Crippen molar-refractivity contribution in [3.05, 3.63) is 0 Å². The molecule has 2 heteroatoms.